The number of hydrogen-bond donors (Lipinski definition) is 1. The van der Waals surface area contributed by atoms with E-state index in [0.717, 1.165) is 23.7 Å². The van der Waals surface area contributed by atoms with Gasteiger partial charge in [0.25, 0.3) is 0 Å². The molecule has 5 rings (SSSR count). The van der Waals surface area contributed by atoms with Gasteiger partial charge in [0, 0.05) is 36.1 Å². The number of aromatic nitrogens is 1. The van der Waals surface area contributed by atoms with Crippen molar-refractivity contribution in [1.82, 2.24) is 9.88 Å². The van der Waals surface area contributed by atoms with Crippen molar-refractivity contribution in [3.63, 3.8) is 0 Å². The maximum Gasteiger partial charge on any atom is 0.170 e. The number of halogens is 1. The molecular formula is C24H25FN2O. The predicted molar refractivity (Wildman–Crippen MR) is 109 cm³/mol. The molecule has 144 valence electrons. The van der Waals surface area contributed by atoms with Gasteiger partial charge in [0.15, 0.2) is 5.78 Å². The molecule has 0 amide bonds. The van der Waals surface area contributed by atoms with E-state index in [9.17, 15) is 9.18 Å². The fraction of sp³-hybridized carbons (Fsp3) is 0.375. The number of H-pyrrole nitrogens is 1. The molecule has 0 radical (unpaired) electrons. The molecule has 28 heavy (non-hydrogen) atoms. The van der Waals surface area contributed by atoms with Gasteiger partial charge < -0.3 is 4.98 Å². The summed E-state index contributed by atoms with van der Waals surface area (Å²) in [5.74, 6) is -0.0778. The minimum atomic E-state index is -0.446. The standard InChI is InChI=1S/C24H25FN2O/c25-22-6-2-1-5-19(22)24(28)13-16-7-10-23-20(12-16)21(14-26-23)17-8-9-18-4-3-11-27(18)15-17/h1-2,5-7,10,12,14,17-18,26H,3-4,8-9,11,13,15H2. The Kier molecular flexibility index (Phi) is 4.52. The lowest BCUT2D eigenvalue weighted by molar-refractivity contribution is 0.0989. The van der Waals surface area contributed by atoms with E-state index in [4.69, 9.17) is 0 Å². The Bertz CT molecular complexity index is 1020. The number of ketones is 1. The summed E-state index contributed by atoms with van der Waals surface area (Å²) in [6, 6.07) is 13.1. The topological polar surface area (TPSA) is 36.1 Å². The molecule has 4 heteroatoms. The average molecular weight is 376 g/mol. The molecule has 2 unspecified atom stereocenters. The molecule has 3 nitrogen and oxygen atoms in total. The van der Waals surface area contributed by atoms with Crippen LogP contribution >= 0.6 is 0 Å². The molecule has 1 aromatic heterocycles. The van der Waals surface area contributed by atoms with Gasteiger partial charge in [-0.25, -0.2) is 4.39 Å². The van der Waals surface area contributed by atoms with Gasteiger partial charge in [-0.15, -0.1) is 0 Å². The normalized spacial score (nSPS) is 22.5. The molecule has 2 saturated heterocycles. The molecule has 2 fully saturated rings. The predicted octanol–water partition coefficient (Wildman–Crippen LogP) is 5.07. The summed E-state index contributed by atoms with van der Waals surface area (Å²) in [6.45, 7) is 2.36. The van der Waals surface area contributed by atoms with Gasteiger partial charge in [-0.05, 0) is 73.5 Å². The van der Waals surface area contributed by atoms with Crippen LogP contribution in [-0.4, -0.2) is 34.8 Å². The fourth-order valence-corrected chi connectivity index (χ4v) is 5.09. The average Bonchev–Trinajstić information content (AvgIpc) is 3.34. The molecule has 0 bridgehead atoms. The zero-order chi connectivity index (χ0) is 19.1. The first-order valence-corrected chi connectivity index (χ1v) is 10.3. The Morgan fingerprint density at radius 2 is 2.04 bits per heavy atom. The van der Waals surface area contributed by atoms with Crippen molar-refractivity contribution in [2.24, 2.45) is 0 Å². The van der Waals surface area contributed by atoms with Crippen molar-refractivity contribution in [1.29, 1.82) is 0 Å². The summed E-state index contributed by atoms with van der Waals surface area (Å²) in [7, 11) is 0. The van der Waals surface area contributed by atoms with Gasteiger partial charge in [-0.3, -0.25) is 9.69 Å². The van der Waals surface area contributed by atoms with E-state index in [1.54, 1.807) is 18.2 Å². The minimum absolute atomic E-state index is 0.171. The van der Waals surface area contributed by atoms with Gasteiger partial charge >= 0.3 is 0 Å². The first kappa shape index (κ1) is 17.6. The number of fused-ring (bicyclic) bond motifs is 2. The van der Waals surface area contributed by atoms with E-state index in [1.807, 2.05) is 12.1 Å². The first-order valence-electron chi connectivity index (χ1n) is 10.3. The number of benzene rings is 2. The van der Waals surface area contributed by atoms with Crippen molar-refractivity contribution in [2.75, 3.05) is 13.1 Å². The molecule has 0 aliphatic carbocycles. The van der Waals surface area contributed by atoms with Crippen LogP contribution in [-0.2, 0) is 6.42 Å². The van der Waals surface area contributed by atoms with Crippen LogP contribution in [0.25, 0.3) is 10.9 Å². The van der Waals surface area contributed by atoms with Crippen LogP contribution in [0.1, 0.15) is 53.1 Å². The van der Waals surface area contributed by atoms with E-state index >= 15 is 0 Å². The lowest BCUT2D eigenvalue weighted by atomic mass is 9.87. The summed E-state index contributed by atoms with van der Waals surface area (Å²) in [4.78, 5) is 18.6. The number of hydrogen-bond acceptors (Lipinski definition) is 2. The summed E-state index contributed by atoms with van der Waals surface area (Å²) in [5.41, 5.74) is 3.59. The molecule has 2 aliphatic heterocycles. The van der Waals surface area contributed by atoms with E-state index < -0.39 is 5.82 Å². The Labute approximate surface area is 164 Å². The second-order valence-corrected chi connectivity index (χ2v) is 8.27. The van der Waals surface area contributed by atoms with Gasteiger partial charge in [0.1, 0.15) is 5.82 Å². The van der Waals surface area contributed by atoms with Crippen molar-refractivity contribution in [3.8, 4) is 0 Å². The summed E-state index contributed by atoms with van der Waals surface area (Å²) in [6.07, 6.45) is 7.56. The Balaban J connectivity index is 1.41. The summed E-state index contributed by atoms with van der Waals surface area (Å²) < 4.78 is 13.9. The van der Waals surface area contributed by atoms with Crippen LogP contribution in [0.15, 0.2) is 48.7 Å². The molecular weight excluding hydrogens is 351 g/mol. The third-order valence-electron chi connectivity index (χ3n) is 6.56. The van der Waals surface area contributed by atoms with E-state index in [2.05, 4.69) is 22.1 Å². The number of rotatable bonds is 4. The Morgan fingerprint density at radius 1 is 1.14 bits per heavy atom. The lowest BCUT2D eigenvalue weighted by Gasteiger charge is -2.35. The zero-order valence-corrected chi connectivity index (χ0v) is 16.0. The Morgan fingerprint density at radius 3 is 2.93 bits per heavy atom. The monoisotopic (exact) mass is 376 g/mol. The molecule has 2 aliphatic rings. The highest BCUT2D eigenvalue weighted by Gasteiger charge is 2.32. The molecule has 3 heterocycles. The summed E-state index contributed by atoms with van der Waals surface area (Å²) >= 11 is 0. The van der Waals surface area contributed by atoms with Gasteiger partial charge in [0.2, 0.25) is 0 Å². The van der Waals surface area contributed by atoms with E-state index in [-0.39, 0.29) is 17.8 Å². The SMILES string of the molecule is O=C(Cc1ccc2[nH]cc(C3CCC4CCCN4C3)c2c1)c1ccccc1F. The highest BCUT2D eigenvalue weighted by molar-refractivity contribution is 5.98. The van der Waals surface area contributed by atoms with Crippen LogP contribution in [0.4, 0.5) is 4.39 Å². The minimum Gasteiger partial charge on any atom is -0.361 e. The second kappa shape index (κ2) is 7.17. The van der Waals surface area contributed by atoms with E-state index in [1.165, 1.54) is 49.2 Å². The van der Waals surface area contributed by atoms with Crippen molar-refractivity contribution in [2.45, 2.75) is 44.1 Å². The van der Waals surface area contributed by atoms with Crippen LogP contribution < -0.4 is 0 Å². The quantitative estimate of drug-likeness (QED) is 0.645. The molecule has 1 N–H and O–H groups in total. The van der Waals surface area contributed by atoms with Gasteiger partial charge in [-0.1, -0.05) is 18.2 Å². The molecule has 2 atom stereocenters. The number of nitrogens with zero attached hydrogens (tertiary/aromatic N) is 1. The lowest BCUT2D eigenvalue weighted by Crippen LogP contribution is -2.37. The number of piperidine rings is 1. The smallest absolute Gasteiger partial charge is 0.170 e. The number of Topliss-reactive ketones (excluding diaryl/α,β-unsaturated/α-hetero) is 1. The third kappa shape index (κ3) is 3.16. The maximum atomic E-state index is 13.9. The number of aromatic amines is 1. The molecule has 3 aromatic rings. The number of carbonyl (C=O) groups excluding carboxylic acids is 1. The fourth-order valence-electron chi connectivity index (χ4n) is 5.09. The maximum absolute atomic E-state index is 13.9. The van der Waals surface area contributed by atoms with E-state index in [0.29, 0.717) is 5.92 Å². The number of carbonyl (C=O) groups is 1. The van der Waals surface area contributed by atoms with Crippen LogP contribution in [0, 0.1) is 5.82 Å². The Hall–Kier alpha value is -2.46. The van der Waals surface area contributed by atoms with Crippen molar-refractivity contribution >= 4 is 16.7 Å². The van der Waals surface area contributed by atoms with Gasteiger partial charge in [0.05, 0.1) is 5.56 Å². The largest absolute Gasteiger partial charge is 0.361 e. The molecule has 0 saturated carbocycles. The molecule has 0 spiro atoms. The summed E-state index contributed by atoms with van der Waals surface area (Å²) in [5, 5.41) is 1.21. The van der Waals surface area contributed by atoms with Crippen LogP contribution in [0.5, 0.6) is 0 Å². The second-order valence-electron chi connectivity index (χ2n) is 8.27. The first-order chi connectivity index (χ1) is 13.7. The third-order valence-corrected chi connectivity index (χ3v) is 6.56. The van der Waals surface area contributed by atoms with Crippen molar-refractivity contribution < 1.29 is 9.18 Å². The van der Waals surface area contributed by atoms with Gasteiger partial charge in [-0.2, -0.15) is 0 Å². The highest BCUT2D eigenvalue weighted by Crippen LogP contribution is 2.37. The number of nitrogens with one attached hydrogen (secondary N) is 1. The zero-order valence-electron chi connectivity index (χ0n) is 16.0. The van der Waals surface area contributed by atoms with Crippen LogP contribution in [0.2, 0.25) is 0 Å². The molecule has 2 aromatic carbocycles. The highest BCUT2D eigenvalue weighted by atomic mass is 19.1. The van der Waals surface area contributed by atoms with Crippen molar-refractivity contribution in [3.05, 3.63) is 71.2 Å². The van der Waals surface area contributed by atoms with Crippen LogP contribution in [0.3, 0.4) is 0 Å².